The van der Waals surface area contributed by atoms with Crippen molar-refractivity contribution in [2.24, 2.45) is 11.3 Å². The number of rotatable bonds is 2. The molecule has 1 aliphatic rings. The zero-order chi connectivity index (χ0) is 14.8. The Morgan fingerprint density at radius 1 is 1.00 bits per heavy atom. The number of anilines is 1. The van der Waals surface area contributed by atoms with Gasteiger partial charge in [0.05, 0.1) is 10.0 Å². The molecule has 1 aromatic rings. The van der Waals surface area contributed by atoms with Crippen LogP contribution < -0.4 is 5.32 Å². The van der Waals surface area contributed by atoms with Crippen molar-refractivity contribution in [3.8, 4) is 0 Å². The third kappa shape index (κ3) is 4.30. The molecule has 1 aliphatic carbocycles. The van der Waals surface area contributed by atoms with Gasteiger partial charge in [-0.3, -0.25) is 0 Å². The van der Waals surface area contributed by atoms with Crippen LogP contribution in [0.25, 0.3) is 0 Å². The summed E-state index contributed by atoms with van der Waals surface area (Å²) in [6.45, 7) is 7.10. The Balaban J connectivity index is 1.95. The standard InChI is InChI=1S/C17H25Cl2N/c1-17(2,3)12-5-4-6-13(8-7-12)20-14-9-10-15(18)16(19)11-14/h9-13,20H,4-8H2,1-3H3. The van der Waals surface area contributed by atoms with Crippen molar-refractivity contribution < 1.29 is 0 Å². The molecule has 0 heterocycles. The molecule has 0 amide bonds. The van der Waals surface area contributed by atoms with E-state index in [1.165, 1.54) is 32.1 Å². The third-order valence-corrected chi connectivity index (χ3v) is 5.22. The molecule has 1 nitrogen and oxygen atoms in total. The Morgan fingerprint density at radius 2 is 1.75 bits per heavy atom. The van der Waals surface area contributed by atoms with Crippen LogP contribution in [0.3, 0.4) is 0 Å². The fourth-order valence-corrected chi connectivity index (χ4v) is 3.43. The van der Waals surface area contributed by atoms with E-state index >= 15 is 0 Å². The maximum Gasteiger partial charge on any atom is 0.0612 e. The van der Waals surface area contributed by atoms with Crippen LogP contribution in [0.4, 0.5) is 5.69 Å². The van der Waals surface area contributed by atoms with Gasteiger partial charge in [-0.1, -0.05) is 50.4 Å². The Hall–Kier alpha value is -0.400. The summed E-state index contributed by atoms with van der Waals surface area (Å²) in [5.41, 5.74) is 1.51. The first kappa shape index (κ1) is 16.0. The lowest BCUT2D eigenvalue weighted by atomic mass is 9.76. The molecule has 2 rings (SSSR count). The minimum absolute atomic E-state index is 0.429. The average Bonchev–Trinajstić information content (AvgIpc) is 2.59. The van der Waals surface area contributed by atoms with Gasteiger partial charge in [-0.05, 0) is 55.2 Å². The summed E-state index contributed by atoms with van der Waals surface area (Å²) in [5, 5.41) is 4.86. The smallest absolute Gasteiger partial charge is 0.0612 e. The van der Waals surface area contributed by atoms with Gasteiger partial charge in [0, 0.05) is 11.7 Å². The van der Waals surface area contributed by atoms with E-state index in [2.05, 4.69) is 26.1 Å². The topological polar surface area (TPSA) is 12.0 Å². The summed E-state index contributed by atoms with van der Waals surface area (Å²) >= 11 is 12.0. The summed E-state index contributed by atoms with van der Waals surface area (Å²) in [6.07, 6.45) is 6.45. The van der Waals surface area contributed by atoms with Crippen LogP contribution in [0.1, 0.15) is 52.9 Å². The predicted octanol–water partition coefficient (Wildman–Crippen LogP) is 6.40. The largest absolute Gasteiger partial charge is 0.382 e. The quantitative estimate of drug-likeness (QED) is 0.623. The van der Waals surface area contributed by atoms with E-state index < -0.39 is 0 Å². The van der Waals surface area contributed by atoms with Crippen molar-refractivity contribution in [2.75, 3.05) is 5.32 Å². The highest BCUT2D eigenvalue weighted by Gasteiger charge is 2.27. The van der Waals surface area contributed by atoms with Crippen LogP contribution in [0, 0.1) is 11.3 Å². The van der Waals surface area contributed by atoms with E-state index in [9.17, 15) is 0 Å². The van der Waals surface area contributed by atoms with E-state index in [0.29, 0.717) is 21.5 Å². The summed E-state index contributed by atoms with van der Waals surface area (Å²) < 4.78 is 0. The zero-order valence-corrected chi connectivity index (χ0v) is 14.2. The molecule has 0 radical (unpaired) electrons. The second kappa shape index (κ2) is 6.58. The molecular formula is C17H25Cl2N. The van der Waals surface area contributed by atoms with Gasteiger partial charge in [0.2, 0.25) is 0 Å². The van der Waals surface area contributed by atoms with Gasteiger partial charge in [0.15, 0.2) is 0 Å². The first-order valence-electron chi connectivity index (χ1n) is 7.58. The fraction of sp³-hybridized carbons (Fsp3) is 0.647. The molecule has 0 aliphatic heterocycles. The molecule has 3 heteroatoms. The number of hydrogen-bond acceptors (Lipinski definition) is 1. The van der Waals surface area contributed by atoms with Crippen LogP contribution in [0.2, 0.25) is 10.0 Å². The minimum Gasteiger partial charge on any atom is -0.382 e. The summed E-state index contributed by atoms with van der Waals surface area (Å²) in [4.78, 5) is 0. The van der Waals surface area contributed by atoms with Crippen LogP contribution >= 0.6 is 23.2 Å². The summed E-state index contributed by atoms with van der Waals surface area (Å²) in [6, 6.07) is 6.36. The van der Waals surface area contributed by atoms with Crippen molar-refractivity contribution in [3.63, 3.8) is 0 Å². The number of nitrogens with one attached hydrogen (secondary N) is 1. The SMILES string of the molecule is CC(C)(C)C1CCCC(Nc2ccc(Cl)c(Cl)c2)CC1. The van der Waals surface area contributed by atoms with E-state index in [-0.39, 0.29) is 0 Å². The van der Waals surface area contributed by atoms with Gasteiger partial charge in [-0.2, -0.15) is 0 Å². The lowest BCUT2D eigenvalue weighted by molar-refractivity contribution is 0.214. The molecular weight excluding hydrogens is 289 g/mol. The number of benzene rings is 1. The molecule has 1 aromatic carbocycles. The molecule has 1 N–H and O–H groups in total. The van der Waals surface area contributed by atoms with Crippen molar-refractivity contribution in [1.29, 1.82) is 0 Å². The highest BCUT2D eigenvalue weighted by molar-refractivity contribution is 6.42. The fourth-order valence-electron chi connectivity index (χ4n) is 3.13. The molecule has 20 heavy (non-hydrogen) atoms. The summed E-state index contributed by atoms with van der Waals surface area (Å²) in [7, 11) is 0. The second-order valence-electron chi connectivity index (χ2n) is 7.04. The normalized spacial score (nSPS) is 24.2. The van der Waals surface area contributed by atoms with E-state index in [0.717, 1.165) is 11.6 Å². The van der Waals surface area contributed by atoms with Gasteiger partial charge < -0.3 is 5.32 Å². The van der Waals surface area contributed by atoms with E-state index in [1.54, 1.807) is 0 Å². The maximum atomic E-state index is 6.07. The predicted molar refractivity (Wildman–Crippen MR) is 89.9 cm³/mol. The number of hydrogen-bond donors (Lipinski definition) is 1. The van der Waals surface area contributed by atoms with Crippen molar-refractivity contribution in [1.82, 2.24) is 0 Å². The Bertz CT molecular complexity index is 451. The molecule has 0 aromatic heterocycles. The third-order valence-electron chi connectivity index (χ3n) is 4.48. The first-order valence-corrected chi connectivity index (χ1v) is 8.33. The Morgan fingerprint density at radius 3 is 2.40 bits per heavy atom. The van der Waals surface area contributed by atoms with Crippen LogP contribution in [-0.2, 0) is 0 Å². The molecule has 1 saturated carbocycles. The van der Waals surface area contributed by atoms with E-state index in [4.69, 9.17) is 23.2 Å². The Kier molecular flexibility index (Phi) is 5.25. The lowest BCUT2D eigenvalue weighted by Crippen LogP contribution is -2.21. The highest BCUT2D eigenvalue weighted by Crippen LogP contribution is 2.37. The van der Waals surface area contributed by atoms with Gasteiger partial charge in [0.25, 0.3) is 0 Å². The van der Waals surface area contributed by atoms with Gasteiger partial charge >= 0.3 is 0 Å². The van der Waals surface area contributed by atoms with Crippen molar-refractivity contribution >= 4 is 28.9 Å². The molecule has 0 saturated heterocycles. The van der Waals surface area contributed by atoms with Crippen LogP contribution in [0.15, 0.2) is 18.2 Å². The number of halogens is 2. The lowest BCUT2D eigenvalue weighted by Gasteiger charge is -2.29. The van der Waals surface area contributed by atoms with E-state index in [1.807, 2.05) is 18.2 Å². The summed E-state index contributed by atoms with van der Waals surface area (Å²) in [5.74, 6) is 0.836. The van der Waals surface area contributed by atoms with Crippen molar-refractivity contribution in [2.45, 2.75) is 58.9 Å². The molecule has 0 spiro atoms. The zero-order valence-electron chi connectivity index (χ0n) is 12.7. The van der Waals surface area contributed by atoms with Gasteiger partial charge in [0.1, 0.15) is 0 Å². The molecule has 112 valence electrons. The molecule has 2 atom stereocenters. The van der Waals surface area contributed by atoms with Crippen molar-refractivity contribution in [3.05, 3.63) is 28.2 Å². The molecule has 2 unspecified atom stereocenters. The first-order chi connectivity index (χ1) is 9.36. The van der Waals surface area contributed by atoms with Crippen LogP contribution in [-0.4, -0.2) is 6.04 Å². The highest BCUT2D eigenvalue weighted by atomic mass is 35.5. The average molecular weight is 314 g/mol. The van der Waals surface area contributed by atoms with Crippen LogP contribution in [0.5, 0.6) is 0 Å². The Labute approximate surface area is 133 Å². The van der Waals surface area contributed by atoms with Gasteiger partial charge in [-0.25, -0.2) is 0 Å². The molecule has 0 bridgehead atoms. The molecule has 1 fully saturated rings. The second-order valence-corrected chi connectivity index (χ2v) is 7.86. The monoisotopic (exact) mass is 313 g/mol. The minimum atomic E-state index is 0.429. The maximum absolute atomic E-state index is 6.07. The van der Waals surface area contributed by atoms with Gasteiger partial charge in [-0.15, -0.1) is 0 Å².